The van der Waals surface area contributed by atoms with E-state index in [0.29, 0.717) is 11.7 Å². The summed E-state index contributed by atoms with van der Waals surface area (Å²) in [5, 5.41) is 3.40. The van der Waals surface area contributed by atoms with Crippen LogP contribution in [0, 0.1) is 13.8 Å². The number of rotatable bonds is 7. The lowest BCUT2D eigenvalue weighted by molar-refractivity contribution is 0.462. The Balaban J connectivity index is 2.63. The van der Waals surface area contributed by atoms with Crippen LogP contribution in [0.3, 0.4) is 0 Å². The first-order valence-corrected chi connectivity index (χ1v) is 7.95. The lowest BCUT2D eigenvalue weighted by Gasteiger charge is -2.16. The van der Waals surface area contributed by atoms with Gasteiger partial charge >= 0.3 is 10.2 Å². The van der Waals surface area contributed by atoms with E-state index in [4.69, 9.17) is 0 Å². The fraction of sp³-hybridized carbons (Fsp3) is 0.700. The average molecular weight is 292 g/mol. The summed E-state index contributed by atoms with van der Waals surface area (Å²) in [6.45, 7) is 5.04. The highest BCUT2D eigenvalue weighted by molar-refractivity contribution is 7.90. The van der Waals surface area contributed by atoms with Crippen LogP contribution < -0.4 is 10.0 Å². The van der Waals surface area contributed by atoms with Gasteiger partial charge in [-0.3, -0.25) is 0 Å². The van der Waals surface area contributed by atoms with Gasteiger partial charge in [0.15, 0.2) is 5.13 Å². The summed E-state index contributed by atoms with van der Waals surface area (Å²) in [5.74, 6) is 0. The Morgan fingerprint density at radius 1 is 1.39 bits per heavy atom. The summed E-state index contributed by atoms with van der Waals surface area (Å²) < 4.78 is 27.7. The smallest absolute Gasteiger partial charge is 0.303 e. The Kier molecular flexibility index (Phi) is 5.51. The molecule has 6 nitrogen and oxygen atoms in total. The second-order valence-corrected chi connectivity index (χ2v) is 7.03. The van der Waals surface area contributed by atoms with Gasteiger partial charge in [0.05, 0.1) is 5.69 Å². The topological polar surface area (TPSA) is 74.3 Å². The number of thiazole rings is 1. The molecule has 1 rings (SSSR count). The maximum atomic E-state index is 12.0. The van der Waals surface area contributed by atoms with Gasteiger partial charge in [0.25, 0.3) is 0 Å². The average Bonchev–Trinajstić information content (AvgIpc) is 2.57. The van der Waals surface area contributed by atoms with Gasteiger partial charge in [-0.15, -0.1) is 11.3 Å². The monoisotopic (exact) mass is 292 g/mol. The van der Waals surface area contributed by atoms with Crippen molar-refractivity contribution in [3.8, 4) is 0 Å². The van der Waals surface area contributed by atoms with Gasteiger partial charge in [-0.05, 0) is 33.9 Å². The van der Waals surface area contributed by atoms with E-state index in [-0.39, 0.29) is 0 Å². The number of nitrogens with zero attached hydrogens (tertiary/aromatic N) is 2. The highest BCUT2D eigenvalue weighted by atomic mass is 32.2. The van der Waals surface area contributed by atoms with Crippen LogP contribution in [0.15, 0.2) is 0 Å². The van der Waals surface area contributed by atoms with Crippen molar-refractivity contribution in [2.75, 3.05) is 31.9 Å². The Morgan fingerprint density at radius 2 is 2.06 bits per heavy atom. The lowest BCUT2D eigenvalue weighted by atomic mass is 10.4. The fourth-order valence-corrected chi connectivity index (χ4v) is 3.24. The van der Waals surface area contributed by atoms with Crippen LogP contribution in [0.1, 0.15) is 17.0 Å². The number of aromatic nitrogens is 1. The molecule has 0 aromatic carbocycles. The van der Waals surface area contributed by atoms with E-state index in [1.54, 1.807) is 7.05 Å². The normalized spacial score (nSPS) is 12.1. The highest BCUT2D eigenvalue weighted by Gasteiger charge is 2.18. The second kappa shape index (κ2) is 6.46. The largest absolute Gasteiger partial charge is 0.320 e. The molecule has 0 aliphatic rings. The Labute approximate surface area is 113 Å². The molecule has 0 saturated carbocycles. The zero-order chi connectivity index (χ0) is 13.8. The maximum Gasteiger partial charge on any atom is 0.303 e. The first kappa shape index (κ1) is 15.4. The number of hydrogen-bond donors (Lipinski definition) is 2. The molecule has 0 atom stereocenters. The number of nitrogens with one attached hydrogen (secondary N) is 2. The molecule has 0 aliphatic carbocycles. The zero-order valence-corrected chi connectivity index (χ0v) is 12.8. The highest BCUT2D eigenvalue weighted by Crippen LogP contribution is 2.22. The second-order valence-electron chi connectivity index (χ2n) is 4.05. The molecule has 0 aliphatic heterocycles. The molecule has 1 heterocycles. The van der Waals surface area contributed by atoms with Crippen molar-refractivity contribution in [2.45, 2.75) is 20.3 Å². The molecule has 8 heteroatoms. The van der Waals surface area contributed by atoms with E-state index < -0.39 is 10.2 Å². The van der Waals surface area contributed by atoms with Gasteiger partial charge in [-0.25, -0.2) is 9.71 Å². The molecule has 0 unspecified atom stereocenters. The van der Waals surface area contributed by atoms with Crippen molar-refractivity contribution < 1.29 is 8.42 Å². The Bertz CT molecular complexity index is 465. The van der Waals surface area contributed by atoms with Crippen LogP contribution >= 0.6 is 11.3 Å². The molecule has 2 N–H and O–H groups in total. The standard InChI is InChI=1S/C10H20N4O2S2/c1-8-9(2)17-10(12-8)13-18(15,16)14(4)7-5-6-11-3/h11H,5-7H2,1-4H3,(H,12,13). The van der Waals surface area contributed by atoms with Crippen LogP contribution in [0.4, 0.5) is 5.13 Å². The van der Waals surface area contributed by atoms with Crippen LogP contribution in [-0.2, 0) is 10.2 Å². The summed E-state index contributed by atoms with van der Waals surface area (Å²) >= 11 is 1.35. The molecule has 0 bridgehead atoms. The minimum Gasteiger partial charge on any atom is -0.320 e. The van der Waals surface area contributed by atoms with E-state index in [0.717, 1.165) is 23.5 Å². The van der Waals surface area contributed by atoms with E-state index in [9.17, 15) is 8.42 Å². The molecule has 0 amide bonds. The van der Waals surface area contributed by atoms with Gasteiger partial charge in [0.2, 0.25) is 0 Å². The van der Waals surface area contributed by atoms with E-state index in [1.807, 2.05) is 20.9 Å². The minimum atomic E-state index is -3.49. The first-order chi connectivity index (χ1) is 8.36. The molecule has 1 aromatic heterocycles. The van der Waals surface area contributed by atoms with Crippen LogP contribution in [0.2, 0.25) is 0 Å². The summed E-state index contributed by atoms with van der Waals surface area (Å²) in [5.41, 5.74) is 0.857. The van der Waals surface area contributed by atoms with E-state index in [1.165, 1.54) is 15.6 Å². The van der Waals surface area contributed by atoms with Gasteiger partial charge in [0.1, 0.15) is 0 Å². The van der Waals surface area contributed by atoms with Crippen LogP contribution in [0.25, 0.3) is 0 Å². The first-order valence-electron chi connectivity index (χ1n) is 5.69. The van der Waals surface area contributed by atoms with Crippen LogP contribution in [0.5, 0.6) is 0 Å². The number of anilines is 1. The van der Waals surface area contributed by atoms with Crippen molar-refractivity contribution >= 4 is 26.7 Å². The van der Waals surface area contributed by atoms with Crippen molar-refractivity contribution in [1.29, 1.82) is 0 Å². The van der Waals surface area contributed by atoms with Gasteiger partial charge in [-0.2, -0.15) is 12.7 Å². The molecular weight excluding hydrogens is 272 g/mol. The molecule has 18 heavy (non-hydrogen) atoms. The third-order valence-electron chi connectivity index (χ3n) is 2.55. The molecule has 1 aromatic rings. The molecule has 0 radical (unpaired) electrons. The number of aryl methyl sites for hydroxylation is 2. The quantitative estimate of drug-likeness (QED) is 0.734. The van der Waals surface area contributed by atoms with E-state index in [2.05, 4.69) is 15.0 Å². The molecule has 0 saturated heterocycles. The number of hydrogen-bond acceptors (Lipinski definition) is 5. The molecule has 104 valence electrons. The zero-order valence-electron chi connectivity index (χ0n) is 11.1. The minimum absolute atomic E-state index is 0.422. The summed E-state index contributed by atoms with van der Waals surface area (Å²) in [4.78, 5) is 5.18. The van der Waals surface area contributed by atoms with Crippen molar-refractivity contribution in [2.24, 2.45) is 0 Å². The Morgan fingerprint density at radius 3 is 2.56 bits per heavy atom. The van der Waals surface area contributed by atoms with Gasteiger partial charge < -0.3 is 5.32 Å². The van der Waals surface area contributed by atoms with Gasteiger partial charge in [0, 0.05) is 18.5 Å². The maximum absolute atomic E-state index is 12.0. The van der Waals surface area contributed by atoms with Crippen molar-refractivity contribution in [1.82, 2.24) is 14.6 Å². The lowest BCUT2D eigenvalue weighted by Crippen LogP contribution is -2.34. The molecular formula is C10H20N4O2S2. The van der Waals surface area contributed by atoms with Crippen LogP contribution in [-0.4, -0.2) is 44.9 Å². The molecule has 0 spiro atoms. The fourth-order valence-electron chi connectivity index (χ4n) is 1.30. The van der Waals surface area contributed by atoms with Gasteiger partial charge in [-0.1, -0.05) is 0 Å². The summed E-state index contributed by atoms with van der Waals surface area (Å²) in [6, 6.07) is 0. The van der Waals surface area contributed by atoms with Crippen molar-refractivity contribution in [3.63, 3.8) is 0 Å². The Hall–Kier alpha value is -0.700. The third-order valence-corrected chi connectivity index (χ3v) is 5.13. The van der Waals surface area contributed by atoms with Crippen molar-refractivity contribution in [3.05, 3.63) is 10.6 Å². The summed E-state index contributed by atoms with van der Waals surface area (Å²) in [7, 11) is -0.0918. The predicted molar refractivity (Wildman–Crippen MR) is 75.3 cm³/mol. The van der Waals surface area contributed by atoms with E-state index >= 15 is 0 Å². The SMILES string of the molecule is CNCCCN(C)S(=O)(=O)Nc1nc(C)c(C)s1. The summed E-state index contributed by atoms with van der Waals surface area (Å²) in [6.07, 6.45) is 0.768. The third kappa shape index (κ3) is 4.20. The predicted octanol–water partition coefficient (Wildman–Crippen LogP) is 0.958. The molecule has 0 fully saturated rings.